The number of nitrogens with zero attached hydrogens (tertiary/aromatic N) is 4. The minimum absolute atomic E-state index is 0.243. The predicted octanol–water partition coefficient (Wildman–Crippen LogP) is 1.74. The number of aryl methyl sites for hydroxylation is 1. The van der Waals surface area contributed by atoms with E-state index in [1.807, 2.05) is 12.0 Å². The number of hydrogen-bond acceptors (Lipinski definition) is 3. The fraction of sp³-hybridized carbons (Fsp3) is 0.417. The van der Waals surface area contributed by atoms with Gasteiger partial charge in [0.1, 0.15) is 5.69 Å². The standard InChI is InChI=1S/C12H14F3N5O/c1-7-8(5-16-20(7)3)6-19(2)11(21)9-4-10(18-17-9)12(13,14)15/h4-5H,6H2,1-3H3,(H,17,18). The van der Waals surface area contributed by atoms with Gasteiger partial charge in [0.15, 0.2) is 5.69 Å². The summed E-state index contributed by atoms with van der Waals surface area (Å²) in [6, 6.07) is 0.703. The number of H-pyrrole nitrogens is 1. The lowest BCUT2D eigenvalue weighted by molar-refractivity contribution is -0.141. The van der Waals surface area contributed by atoms with E-state index in [1.54, 1.807) is 17.9 Å². The molecule has 0 aliphatic rings. The van der Waals surface area contributed by atoms with Gasteiger partial charge >= 0.3 is 6.18 Å². The van der Waals surface area contributed by atoms with Crippen LogP contribution in [-0.2, 0) is 19.8 Å². The molecule has 0 saturated heterocycles. The molecule has 2 rings (SSSR count). The molecule has 9 heteroatoms. The topological polar surface area (TPSA) is 66.8 Å². The molecule has 2 aromatic heterocycles. The Morgan fingerprint density at radius 1 is 1.48 bits per heavy atom. The van der Waals surface area contributed by atoms with E-state index < -0.39 is 17.8 Å². The highest BCUT2D eigenvalue weighted by atomic mass is 19.4. The summed E-state index contributed by atoms with van der Waals surface area (Å²) in [5.74, 6) is -0.593. The number of hydrogen-bond donors (Lipinski definition) is 1. The van der Waals surface area contributed by atoms with Crippen molar-refractivity contribution in [3.8, 4) is 0 Å². The highest BCUT2D eigenvalue weighted by molar-refractivity contribution is 5.92. The fourth-order valence-corrected chi connectivity index (χ4v) is 1.80. The lowest BCUT2D eigenvalue weighted by Crippen LogP contribution is -2.26. The number of carbonyl (C=O) groups excluding carboxylic acids is 1. The lowest BCUT2D eigenvalue weighted by Gasteiger charge is -2.15. The van der Waals surface area contributed by atoms with Crippen molar-refractivity contribution in [2.45, 2.75) is 19.6 Å². The van der Waals surface area contributed by atoms with E-state index in [0.29, 0.717) is 6.07 Å². The fourth-order valence-electron chi connectivity index (χ4n) is 1.80. The van der Waals surface area contributed by atoms with Gasteiger partial charge in [-0.2, -0.15) is 23.4 Å². The number of halogens is 3. The molecule has 0 atom stereocenters. The van der Waals surface area contributed by atoms with Crippen molar-refractivity contribution in [1.29, 1.82) is 0 Å². The van der Waals surface area contributed by atoms with E-state index >= 15 is 0 Å². The molecule has 0 aliphatic carbocycles. The number of amides is 1. The van der Waals surface area contributed by atoms with Crippen molar-refractivity contribution in [2.75, 3.05) is 7.05 Å². The van der Waals surface area contributed by atoms with E-state index in [9.17, 15) is 18.0 Å². The van der Waals surface area contributed by atoms with Gasteiger partial charge in [-0.15, -0.1) is 0 Å². The van der Waals surface area contributed by atoms with Gasteiger partial charge in [0.05, 0.1) is 6.20 Å². The van der Waals surface area contributed by atoms with Gasteiger partial charge < -0.3 is 4.90 Å². The summed E-state index contributed by atoms with van der Waals surface area (Å²) >= 11 is 0. The zero-order valence-electron chi connectivity index (χ0n) is 11.7. The first-order chi connectivity index (χ1) is 9.70. The van der Waals surface area contributed by atoms with Crippen LogP contribution in [0.2, 0.25) is 0 Å². The average molecular weight is 301 g/mol. The molecule has 1 N–H and O–H groups in total. The third-order valence-electron chi connectivity index (χ3n) is 3.19. The van der Waals surface area contributed by atoms with Crippen molar-refractivity contribution in [3.05, 3.63) is 34.9 Å². The van der Waals surface area contributed by atoms with Crippen LogP contribution < -0.4 is 0 Å². The SMILES string of the molecule is Cc1c(CN(C)C(=O)c2cc(C(F)(F)F)[nH]n2)cnn1C. The number of carbonyl (C=O) groups is 1. The zero-order chi connectivity index (χ0) is 15.8. The smallest absolute Gasteiger partial charge is 0.336 e. The Balaban J connectivity index is 2.12. The van der Waals surface area contributed by atoms with Crippen LogP contribution in [0.5, 0.6) is 0 Å². The summed E-state index contributed by atoms with van der Waals surface area (Å²) in [7, 11) is 3.26. The Morgan fingerprint density at radius 3 is 2.62 bits per heavy atom. The minimum Gasteiger partial charge on any atom is -0.336 e. The van der Waals surface area contributed by atoms with Crippen LogP contribution in [0.4, 0.5) is 13.2 Å². The molecule has 0 unspecified atom stereocenters. The van der Waals surface area contributed by atoms with Crippen molar-refractivity contribution in [3.63, 3.8) is 0 Å². The Bertz CT molecular complexity index is 658. The van der Waals surface area contributed by atoms with Gasteiger partial charge in [-0.1, -0.05) is 0 Å². The van der Waals surface area contributed by atoms with Crippen LogP contribution >= 0.6 is 0 Å². The molecule has 114 valence electrons. The number of aromatic amines is 1. The van der Waals surface area contributed by atoms with Gasteiger partial charge in [-0.3, -0.25) is 14.6 Å². The molecule has 2 heterocycles. The molecule has 0 aliphatic heterocycles. The molecule has 0 radical (unpaired) electrons. The molecule has 0 spiro atoms. The van der Waals surface area contributed by atoms with Crippen molar-refractivity contribution >= 4 is 5.91 Å². The van der Waals surface area contributed by atoms with Gasteiger partial charge in [0, 0.05) is 38.0 Å². The predicted molar refractivity (Wildman–Crippen MR) is 67.3 cm³/mol. The maximum Gasteiger partial charge on any atom is 0.432 e. The molecule has 0 aromatic carbocycles. The zero-order valence-corrected chi connectivity index (χ0v) is 11.7. The van der Waals surface area contributed by atoms with Gasteiger partial charge in [0.2, 0.25) is 0 Å². The molecule has 6 nitrogen and oxygen atoms in total. The maximum atomic E-state index is 12.5. The monoisotopic (exact) mass is 301 g/mol. The second-order valence-corrected chi connectivity index (χ2v) is 4.70. The van der Waals surface area contributed by atoms with E-state index in [0.717, 1.165) is 11.3 Å². The van der Waals surface area contributed by atoms with Crippen LogP contribution in [0.1, 0.15) is 27.4 Å². The summed E-state index contributed by atoms with van der Waals surface area (Å²) in [5.41, 5.74) is 0.385. The minimum atomic E-state index is -4.55. The Morgan fingerprint density at radius 2 is 2.14 bits per heavy atom. The summed E-state index contributed by atoms with van der Waals surface area (Å²) < 4.78 is 39.0. The Labute approximate surface area is 118 Å². The third kappa shape index (κ3) is 3.06. The Kier molecular flexibility index (Phi) is 3.75. The molecule has 0 fully saturated rings. The molecule has 2 aromatic rings. The molecule has 21 heavy (non-hydrogen) atoms. The summed E-state index contributed by atoms with van der Waals surface area (Å²) in [6.45, 7) is 2.09. The molecule has 0 bridgehead atoms. The van der Waals surface area contributed by atoms with Gasteiger partial charge in [-0.05, 0) is 6.92 Å². The van der Waals surface area contributed by atoms with E-state index in [1.165, 1.54) is 11.9 Å². The van der Waals surface area contributed by atoms with E-state index in [-0.39, 0.29) is 12.2 Å². The summed E-state index contributed by atoms with van der Waals surface area (Å²) in [5, 5.41) is 9.28. The average Bonchev–Trinajstić information content (AvgIpc) is 3.00. The van der Waals surface area contributed by atoms with Crippen LogP contribution in [0.25, 0.3) is 0 Å². The van der Waals surface area contributed by atoms with Gasteiger partial charge in [0.25, 0.3) is 5.91 Å². The number of nitrogens with one attached hydrogen (secondary N) is 1. The highest BCUT2D eigenvalue weighted by Gasteiger charge is 2.34. The molecular weight excluding hydrogens is 287 g/mol. The maximum absolute atomic E-state index is 12.5. The Hall–Kier alpha value is -2.32. The summed E-state index contributed by atoms with van der Waals surface area (Å²) in [6.07, 6.45) is -2.94. The molecule has 1 amide bonds. The first-order valence-corrected chi connectivity index (χ1v) is 6.05. The lowest BCUT2D eigenvalue weighted by atomic mass is 10.2. The molecular formula is C12H14F3N5O. The largest absolute Gasteiger partial charge is 0.432 e. The van der Waals surface area contributed by atoms with Crippen LogP contribution in [-0.4, -0.2) is 37.8 Å². The first kappa shape index (κ1) is 15.1. The van der Waals surface area contributed by atoms with E-state index in [2.05, 4.69) is 10.2 Å². The number of alkyl halides is 3. The van der Waals surface area contributed by atoms with Crippen LogP contribution in [0.3, 0.4) is 0 Å². The third-order valence-corrected chi connectivity index (χ3v) is 3.19. The quantitative estimate of drug-likeness (QED) is 0.939. The van der Waals surface area contributed by atoms with Gasteiger partial charge in [-0.25, -0.2) is 0 Å². The second kappa shape index (κ2) is 5.23. The van der Waals surface area contributed by atoms with Crippen molar-refractivity contribution < 1.29 is 18.0 Å². The number of rotatable bonds is 3. The number of aromatic nitrogens is 4. The van der Waals surface area contributed by atoms with E-state index in [4.69, 9.17) is 0 Å². The second-order valence-electron chi connectivity index (χ2n) is 4.70. The summed E-state index contributed by atoms with van der Waals surface area (Å²) in [4.78, 5) is 13.3. The highest BCUT2D eigenvalue weighted by Crippen LogP contribution is 2.27. The van der Waals surface area contributed by atoms with Crippen molar-refractivity contribution in [1.82, 2.24) is 24.9 Å². The molecule has 0 saturated carbocycles. The van der Waals surface area contributed by atoms with Crippen LogP contribution in [0, 0.1) is 6.92 Å². The normalized spacial score (nSPS) is 11.7. The first-order valence-electron chi connectivity index (χ1n) is 6.05. The van der Waals surface area contributed by atoms with Crippen LogP contribution in [0.15, 0.2) is 12.3 Å². The van der Waals surface area contributed by atoms with Crippen molar-refractivity contribution in [2.24, 2.45) is 7.05 Å².